The molecule has 0 fully saturated rings. The molecule has 4 heteroatoms. The summed E-state index contributed by atoms with van der Waals surface area (Å²) < 4.78 is 0. The third-order valence-corrected chi connectivity index (χ3v) is 1.96. The lowest BCUT2D eigenvalue weighted by atomic mass is 10.2. The Bertz CT molecular complexity index is 204. The SMILES string of the molecule is CCC(C)NC(=O)CC(C)NC(C)=O. The van der Waals surface area contributed by atoms with Crippen molar-refractivity contribution >= 4 is 11.8 Å². The summed E-state index contributed by atoms with van der Waals surface area (Å²) in [6.07, 6.45) is 1.25. The van der Waals surface area contributed by atoms with Crippen LogP contribution in [-0.2, 0) is 9.59 Å². The van der Waals surface area contributed by atoms with Gasteiger partial charge in [0, 0.05) is 25.4 Å². The molecule has 2 unspecified atom stereocenters. The molecule has 0 aliphatic heterocycles. The highest BCUT2D eigenvalue weighted by atomic mass is 16.2. The lowest BCUT2D eigenvalue weighted by molar-refractivity contribution is -0.123. The van der Waals surface area contributed by atoms with E-state index in [0.717, 1.165) is 6.42 Å². The van der Waals surface area contributed by atoms with Gasteiger partial charge in [-0.3, -0.25) is 9.59 Å². The van der Waals surface area contributed by atoms with Gasteiger partial charge in [0.05, 0.1) is 0 Å². The van der Waals surface area contributed by atoms with Crippen molar-refractivity contribution in [2.24, 2.45) is 0 Å². The van der Waals surface area contributed by atoms with Crippen LogP contribution in [0, 0.1) is 0 Å². The molecule has 0 aromatic rings. The molecule has 0 aliphatic rings. The van der Waals surface area contributed by atoms with Crippen molar-refractivity contribution in [3.63, 3.8) is 0 Å². The van der Waals surface area contributed by atoms with E-state index in [1.165, 1.54) is 6.92 Å². The first kappa shape index (κ1) is 12.9. The van der Waals surface area contributed by atoms with Crippen LogP contribution in [-0.4, -0.2) is 23.9 Å². The van der Waals surface area contributed by atoms with Gasteiger partial charge in [0.1, 0.15) is 0 Å². The van der Waals surface area contributed by atoms with E-state index in [4.69, 9.17) is 0 Å². The largest absolute Gasteiger partial charge is 0.354 e. The Morgan fingerprint density at radius 2 is 1.71 bits per heavy atom. The van der Waals surface area contributed by atoms with Crippen LogP contribution in [0.25, 0.3) is 0 Å². The summed E-state index contributed by atoms with van der Waals surface area (Å²) >= 11 is 0. The second-order valence-corrected chi connectivity index (χ2v) is 3.68. The predicted octanol–water partition coefficient (Wildman–Crippen LogP) is 0.816. The lowest BCUT2D eigenvalue weighted by Gasteiger charge is -2.15. The standard InChI is InChI=1S/C10H20N2O2/c1-5-7(2)12-10(14)6-8(3)11-9(4)13/h7-8H,5-6H2,1-4H3,(H,11,13)(H,12,14). The summed E-state index contributed by atoms with van der Waals surface area (Å²) in [5.74, 6) is -0.116. The van der Waals surface area contributed by atoms with Gasteiger partial charge in [-0.15, -0.1) is 0 Å². The van der Waals surface area contributed by atoms with E-state index in [9.17, 15) is 9.59 Å². The summed E-state index contributed by atoms with van der Waals surface area (Å²) in [6.45, 7) is 7.24. The second kappa shape index (κ2) is 6.40. The van der Waals surface area contributed by atoms with Crippen molar-refractivity contribution in [1.29, 1.82) is 0 Å². The Labute approximate surface area is 85.4 Å². The van der Waals surface area contributed by atoms with Gasteiger partial charge < -0.3 is 10.6 Å². The zero-order chi connectivity index (χ0) is 11.1. The number of carbonyl (C=O) groups is 2. The Hall–Kier alpha value is -1.06. The van der Waals surface area contributed by atoms with Gasteiger partial charge in [0.15, 0.2) is 0 Å². The van der Waals surface area contributed by atoms with Crippen molar-refractivity contribution in [3.8, 4) is 0 Å². The van der Waals surface area contributed by atoms with Crippen LogP contribution in [0.15, 0.2) is 0 Å². The van der Waals surface area contributed by atoms with Crippen molar-refractivity contribution in [2.75, 3.05) is 0 Å². The molecule has 0 spiro atoms. The smallest absolute Gasteiger partial charge is 0.222 e. The van der Waals surface area contributed by atoms with E-state index in [1.54, 1.807) is 0 Å². The minimum absolute atomic E-state index is 0.0133. The third-order valence-electron chi connectivity index (χ3n) is 1.96. The number of rotatable bonds is 5. The van der Waals surface area contributed by atoms with Crippen LogP contribution < -0.4 is 10.6 Å². The van der Waals surface area contributed by atoms with Gasteiger partial charge in [-0.2, -0.15) is 0 Å². The first-order chi connectivity index (χ1) is 6.45. The van der Waals surface area contributed by atoms with Gasteiger partial charge in [0.25, 0.3) is 0 Å². The lowest BCUT2D eigenvalue weighted by Crippen LogP contribution is -2.38. The highest BCUT2D eigenvalue weighted by Crippen LogP contribution is 1.94. The van der Waals surface area contributed by atoms with Gasteiger partial charge >= 0.3 is 0 Å². The summed E-state index contributed by atoms with van der Waals surface area (Å²) in [6, 6.07) is 0.101. The molecule has 0 aromatic heterocycles. The molecule has 0 saturated carbocycles. The van der Waals surface area contributed by atoms with E-state index in [-0.39, 0.29) is 23.9 Å². The van der Waals surface area contributed by atoms with Crippen LogP contribution in [0.5, 0.6) is 0 Å². The number of amides is 2. The van der Waals surface area contributed by atoms with E-state index < -0.39 is 0 Å². The topological polar surface area (TPSA) is 58.2 Å². The summed E-state index contributed by atoms with van der Waals surface area (Å²) in [5, 5.41) is 5.51. The molecule has 0 bridgehead atoms. The molecular weight excluding hydrogens is 180 g/mol. The average Bonchev–Trinajstić information content (AvgIpc) is 2.01. The number of hydrogen-bond donors (Lipinski definition) is 2. The minimum Gasteiger partial charge on any atom is -0.354 e. The van der Waals surface area contributed by atoms with Crippen molar-refractivity contribution in [3.05, 3.63) is 0 Å². The minimum atomic E-state index is -0.103. The Kier molecular flexibility index (Phi) is 5.92. The van der Waals surface area contributed by atoms with Crippen molar-refractivity contribution in [1.82, 2.24) is 10.6 Å². The average molecular weight is 200 g/mol. The maximum absolute atomic E-state index is 11.3. The van der Waals surface area contributed by atoms with Crippen LogP contribution >= 0.6 is 0 Å². The molecule has 0 rings (SSSR count). The van der Waals surface area contributed by atoms with Crippen LogP contribution in [0.3, 0.4) is 0 Å². The molecule has 0 aliphatic carbocycles. The molecular formula is C10H20N2O2. The quantitative estimate of drug-likeness (QED) is 0.690. The molecule has 14 heavy (non-hydrogen) atoms. The van der Waals surface area contributed by atoms with E-state index in [1.807, 2.05) is 20.8 Å². The fourth-order valence-electron chi connectivity index (χ4n) is 1.11. The molecule has 0 heterocycles. The number of hydrogen-bond acceptors (Lipinski definition) is 2. The fourth-order valence-corrected chi connectivity index (χ4v) is 1.11. The Morgan fingerprint density at radius 3 is 2.14 bits per heavy atom. The second-order valence-electron chi connectivity index (χ2n) is 3.68. The summed E-state index contributed by atoms with van der Waals surface area (Å²) in [4.78, 5) is 22.0. The van der Waals surface area contributed by atoms with Gasteiger partial charge in [-0.05, 0) is 20.3 Å². The van der Waals surface area contributed by atoms with Crippen LogP contribution in [0.4, 0.5) is 0 Å². The Morgan fingerprint density at radius 1 is 1.14 bits per heavy atom. The van der Waals surface area contributed by atoms with Crippen LogP contribution in [0.2, 0.25) is 0 Å². The third kappa shape index (κ3) is 6.46. The van der Waals surface area contributed by atoms with Gasteiger partial charge in [0.2, 0.25) is 11.8 Å². The van der Waals surface area contributed by atoms with E-state index in [0.29, 0.717) is 6.42 Å². The summed E-state index contributed by atoms with van der Waals surface area (Å²) in [7, 11) is 0. The van der Waals surface area contributed by atoms with E-state index >= 15 is 0 Å². The Balaban J connectivity index is 3.76. The van der Waals surface area contributed by atoms with Gasteiger partial charge in [-0.1, -0.05) is 6.92 Å². The van der Waals surface area contributed by atoms with Gasteiger partial charge in [-0.25, -0.2) is 0 Å². The molecule has 82 valence electrons. The first-order valence-corrected chi connectivity index (χ1v) is 5.02. The zero-order valence-corrected chi connectivity index (χ0v) is 9.39. The molecule has 2 amide bonds. The molecule has 2 N–H and O–H groups in total. The normalized spacial score (nSPS) is 14.3. The van der Waals surface area contributed by atoms with Crippen molar-refractivity contribution < 1.29 is 9.59 Å². The number of carbonyl (C=O) groups excluding carboxylic acids is 2. The van der Waals surface area contributed by atoms with Crippen LogP contribution in [0.1, 0.15) is 40.5 Å². The highest BCUT2D eigenvalue weighted by Gasteiger charge is 2.10. The first-order valence-electron chi connectivity index (χ1n) is 5.02. The zero-order valence-electron chi connectivity index (χ0n) is 9.39. The molecule has 0 aromatic carbocycles. The predicted molar refractivity (Wildman–Crippen MR) is 55.8 cm³/mol. The molecule has 0 saturated heterocycles. The number of nitrogens with one attached hydrogen (secondary N) is 2. The van der Waals surface area contributed by atoms with E-state index in [2.05, 4.69) is 10.6 Å². The maximum atomic E-state index is 11.3. The highest BCUT2D eigenvalue weighted by molar-refractivity contribution is 5.78. The molecule has 2 atom stereocenters. The maximum Gasteiger partial charge on any atom is 0.222 e. The van der Waals surface area contributed by atoms with Crippen molar-refractivity contribution in [2.45, 2.75) is 52.6 Å². The molecule has 0 radical (unpaired) electrons. The fraction of sp³-hybridized carbons (Fsp3) is 0.800. The summed E-state index contributed by atoms with van der Waals surface area (Å²) in [5.41, 5.74) is 0. The molecule has 4 nitrogen and oxygen atoms in total. The monoisotopic (exact) mass is 200 g/mol.